The van der Waals surface area contributed by atoms with E-state index in [4.69, 9.17) is 0 Å². The number of hydrogen-bond donors (Lipinski definition) is 1. The van der Waals surface area contributed by atoms with Crippen LogP contribution in [0.1, 0.15) is 36.8 Å². The summed E-state index contributed by atoms with van der Waals surface area (Å²) in [7, 11) is 1.79. The highest BCUT2D eigenvalue weighted by Gasteiger charge is 2.44. The second kappa shape index (κ2) is 7.69. The Labute approximate surface area is 167 Å². The summed E-state index contributed by atoms with van der Waals surface area (Å²) >= 11 is 0. The zero-order valence-electron chi connectivity index (χ0n) is 16.7. The van der Waals surface area contributed by atoms with E-state index in [-0.39, 0.29) is 11.3 Å². The Kier molecular flexibility index (Phi) is 5.26. The minimum Gasteiger partial charge on any atom is -0.379 e. The van der Waals surface area contributed by atoms with Gasteiger partial charge in [-0.25, -0.2) is 0 Å². The average molecular weight is 379 g/mol. The van der Waals surface area contributed by atoms with Gasteiger partial charge in [-0.1, -0.05) is 60.7 Å². The van der Waals surface area contributed by atoms with Crippen molar-refractivity contribution in [3.05, 3.63) is 71.8 Å². The molecule has 1 atom stereocenters. The molecule has 2 heterocycles. The van der Waals surface area contributed by atoms with Crippen molar-refractivity contribution in [2.45, 2.75) is 36.7 Å². The van der Waals surface area contributed by atoms with Crippen LogP contribution in [-0.2, 0) is 10.2 Å². The predicted molar refractivity (Wildman–Crippen MR) is 111 cm³/mol. The number of likely N-dealkylation sites (N-methyl/N-ethyl adjacent to an activating group) is 1. The molecule has 0 bridgehead atoms. The van der Waals surface area contributed by atoms with Gasteiger partial charge in [0.1, 0.15) is 0 Å². The zero-order valence-corrected chi connectivity index (χ0v) is 16.7. The van der Waals surface area contributed by atoms with E-state index in [0.717, 1.165) is 38.9 Å². The maximum atomic E-state index is 12.5. The molecule has 1 N–H and O–H groups in total. The summed E-state index contributed by atoms with van der Waals surface area (Å²) < 4.78 is 0. The van der Waals surface area contributed by atoms with Gasteiger partial charge in [0.15, 0.2) is 5.60 Å². The number of carbonyl (C=O) groups excluding carboxylic acids is 1. The van der Waals surface area contributed by atoms with E-state index in [0.29, 0.717) is 13.0 Å². The number of carbonyl (C=O) groups is 1. The monoisotopic (exact) mass is 378 g/mol. The topological polar surface area (TPSA) is 43.8 Å². The van der Waals surface area contributed by atoms with Crippen LogP contribution in [0.5, 0.6) is 0 Å². The number of hydrogen-bond acceptors (Lipinski definition) is 3. The molecule has 28 heavy (non-hydrogen) atoms. The van der Waals surface area contributed by atoms with Gasteiger partial charge >= 0.3 is 0 Å². The smallest absolute Gasteiger partial charge is 0.255 e. The molecule has 2 saturated heterocycles. The molecule has 0 radical (unpaired) electrons. The number of piperidine rings is 2. The third-order valence-electron chi connectivity index (χ3n) is 6.68. The Balaban J connectivity index is 1.54. The van der Waals surface area contributed by atoms with Crippen molar-refractivity contribution in [3.63, 3.8) is 0 Å². The third-order valence-corrected chi connectivity index (χ3v) is 6.68. The molecule has 2 aliphatic heterocycles. The number of benzene rings is 2. The molecule has 0 aliphatic carbocycles. The van der Waals surface area contributed by atoms with E-state index in [9.17, 15) is 9.90 Å². The van der Waals surface area contributed by atoms with Crippen LogP contribution in [0.3, 0.4) is 0 Å². The number of amides is 1. The predicted octanol–water partition coefficient (Wildman–Crippen LogP) is 3.05. The van der Waals surface area contributed by atoms with Crippen molar-refractivity contribution >= 4 is 5.91 Å². The van der Waals surface area contributed by atoms with Gasteiger partial charge in [0.2, 0.25) is 0 Å². The lowest BCUT2D eigenvalue weighted by Gasteiger charge is -2.46. The normalized spacial score (nSPS) is 25.6. The van der Waals surface area contributed by atoms with Crippen molar-refractivity contribution in [2.75, 3.05) is 33.2 Å². The highest BCUT2D eigenvalue weighted by Crippen LogP contribution is 2.42. The van der Waals surface area contributed by atoms with E-state index in [1.165, 1.54) is 11.1 Å². The van der Waals surface area contributed by atoms with Gasteiger partial charge in [-0.3, -0.25) is 9.69 Å². The molecular formula is C24H30N2O2. The first-order valence-corrected chi connectivity index (χ1v) is 10.3. The molecule has 0 aromatic heterocycles. The SMILES string of the molecule is CN1CCC[C@@](O)(CN2CCC(c3ccccc3)(c3ccccc3)CC2)C1=O. The van der Waals surface area contributed by atoms with Crippen molar-refractivity contribution in [1.29, 1.82) is 0 Å². The fourth-order valence-corrected chi connectivity index (χ4v) is 5.04. The first kappa shape index (κ1) is 19.2. The van der Waals surface area contributed by atoms with Gasteiger partial charge in [0.25, 0.3) is 5.91 Å². The first-order chi connectivity index (χ1) is 13.5. The van der Waals surface area contributed by atoms with Crippen molar-refractivity contribution in [2.24, 2.45) is 0 Å². The van der Waals surface area contributed by atoms with Crippen LogP contribution >= 0.6 is 0 Å². The van der Waals surface area contributed by atoms with E-state index in [1.54, 1.807) is 11.9 Å². The van der Waals surface area contributed by atoms with Gasteiger partial charge in [0, 0.05) is 25.6 Å². The average Bonchev–Trinajstić information content (AvgIpc) is 2.74. The van der Waals surface area contributed by atoms with Crippen LogP contribution in [0.25, 0.3) is 0 Å². The number of nitrogens with zero attached hydrogens (tertiary/aromatic N) is 2. The van der Waals surface area contributed by atoms with E-state index >= 15 is 0 Å². The minimum atomic E-state index is -1.23. The lowest BCUT2D eigenvalue weighted by molar-refractivity contribution is -0.158. The van der Waals surface area contributed by atoms with Gasteiger partial charge in [-0.2, -0.15) is 0 Å². The van der Waals surface area contributed by atoms with Gasteiger partial charge in [-0.05, 0) is 49.9 Å². The van der Waals surface area contributed by atoms with E-state index in [2.05, 4.69) is 65.6 Å². The molecule has 0 unspecified atom stereocenters. The zero-order chi connectivity index (χ0) is 19.6. The maximum absolute atomic E-state index is 12.5. The number of aliphatic hydroxyl groups is 1. The quantitative estimate of drug-likeness (QED) is 0.889. The minimum absolute atomic E-state index is 0.00496. The first-order valence-electron chi connectivity index (χ1n) is 10.3. The standard InChI is InChI=1S/C24H30N2O2/c1-25-16-8-13-24(28,22(25)27)19-26-17-14-23(15-18-26,20-9-4-2-5-10-20)21-11-6-3-7-12-21/h2-7,9-12,28H,8,13-19H2,1H3/t24-/m1/s1. The van der Waals surface area contributed by atoms with Crippen molar-refractivity contribution < 1.29 is 9.90 Å². The van der Waals surface area contributed by atoms with E-state index in [1.807, 2.05) is 0 Å². The Morgan fingerprint density at radius 3 is 1.93 bits per heavy atom. The number of β-amino-alcohol motifs (C(OH)–C–C–N with tert-alkyl or cyclic N) is 1. The summed E-state index contributed by atoms with van der Waals surface area (Å²) in [6.45, 7) is 2.94. The summed E-state index contributed by atoms with van der Waals surface area (Å²) in [6, 6.07) is 21.5. The lowest BCUT2D eigenvalue weighted by atomic mass is 9.68. The molecule has 2 aliphatic rings. The highest BCUT2D eigenvalue weighted by molar-refractivity contribution is 5.85. The third kappa shape index (κ3) is 3.47. The Morgan fingerprint density at radius 2 is 1.39 bits per heavy atom. The summed E-state index contributed by atoms with van der Waals surface area (Å²) in [4.78, 5) is 16.5. The Morgan fingerprint density at radius 1 is 0.857 bits per heavy atom. The molecule has 1 amide bonds. The second-order valence-corrected chi connectivity index (χ2v) is 8.45. The molecule has 4 nitrogen and oxygen atoms in total. The van der Waals surface area contributed by atoms with Crippen molar-refractivity contribution in [3.8, 4) is 0 Å². The summed E-state index contributed by atoms with van der Waals surface area (Å²) in [6.07, 6.45) is 3.40. The van der Waals surface area contributed by atoms with Crippen molar-refractivity contribution in [1.82, 2.24) is 9.80 Å². The fourth-order valence-electron chi connectivity index (χ4n) is 5.04. The number of likely N-dealkylation sites (tertiary alicyclic amines) is 2. The Bertz CT molecular complexity index is 758. The molecule has 2 aromatic rings. The molecular weight excluding hydrogens is 348 g/mol. The molecule has 0 spiro atoms. The van der Waals surface area contributed by atoms with Crippen LogP contribution in [0, 0.1) is 0 Å². The Hall–Kier alpha value is -2.17. The van der Waals surface area contributed by atoms with Crippen LogP contribution in [-0.4, -0.2) is 59.6 Å². The maximum Gasteiger partial charge on any atom is 0.255 e. The van der Waals surface area contributed by atoms with Crippen LogP contribution in [0.15, 0.2) is 60.7 Å². The molecule has 148 valence electrons. The molecule has 4 rings (SSSR count). The van der Waals surface area contributed by atoms with Crippen LogP contribution in [0.4, 0.5) is 0 Å². The van der Waals surface area contributed by atoms with Gasteiger partial charge in [0.05, 0.1) is 0 Å². The summed E-state index contributed by atoms with van der Waals surface area (Å²) in [5.41, 5.74) is 1.47. The highest BCUT2D eigenvalue weighted by atomic mass is 16.3. The molecule has 2 fully saturated rings. The lowest BCUT2D eigenvalue weighted by Crippen LogP contribution is -2.59. The summed E-state index contributed by atoms with van der Waals surface area (Å²) in [5.74, 6) is -0.123. The van der Waals surface area contributed by atoms with Crippen LogP contribution in [0.2, 0.25) is 0 Å². The fraction of sp³-hybridized carbons (Fsp3) is 0.458. The van der Waals surface area contributed by atoms with E-state index < -0.39 is 5.60 Å². The molecule has 0 saturated carbocycles. The number of rotatable bonds is 4. The molecule has 2 aromatic carbocycles. The van der Waals surface area contributed by atoms with Crippen LogP contribution < -0.4 is 0 Å². The second-order valence-electron chi connectivity index (χ2n) is 8.45. The molecule has 4 heteroatoms. The summed E-state index contributed by atoms with van der Waals surface area (Å²) in [5, 5.41) is 11.0. The van der Waals surface area contributed by atoms with Gasteiger partial charge in [-0.15, -0.1) is 0 Å². The van der Waals surface area contributed by atoms with Gasteiger partial charge < -0.3 is 10.0 Å². The largest absolute Gasteiger partial charge is 0.379 e.